The van der Waals surface area contributed by atoms with E-state index in [9.17, 15) is 4.79 Å². The number of nitrogens with two attached hydrogens (primary N) is 1. The molecule has 6 heteroatoms. The van der Waals surface area contributed by atoms with Gasteiger partial charge in [-0.25, -0.2) is 9.78 Å². The van der Waals surface area contributed by atoms with Crippen LogP contribution in [0.5, 0.6) is 0 Å². The molecular formula is C15H19N3O2S. The highest BCUT2D eigenvalue weighted by atomic mass is 32.1. The fourth-order valence-electron chi connectivity index (χ4n) is 2.04. The van der Waals surface area contributed by atoms with Crippen LogP contribution in [-0.4, -0.2) is 24.6 Å². The summed E-state index contributed by atoms with van der Waals surface area (Å²) in [6.45, 7) is 4.61. The molecule has 112 valence electrons. The second-order valence-electron chi connectivity index (χ2n) is 4.78. The van der Waals surface area contributed by atoms with E-state index in [-0.39, 0.29) is 0 Å². The Bertz CT molecular complexity index is 652. The monoisotopic (exact) mass is 305 g/mol. The highest BCUT2D eigenvalue weighted by Gasteiger charge is 2.13. The van der Waals surface area contributed by atoms with Crippen molar-refractivity contribution in [3.8, 4) is 0 Å². The van der Waals surface area contributed by atoms with Gasteiger partial charge < -0.3 is 15.8 Å². The number of hydrogen-bond acceptors (Lipinski definition) is 6. The minimum Gasteiger partial charge on any atom is -0.465 e. The van der Waals surface area contributed by atoms with Crippen molar-refractivity contribution in [3.05, 3.63) is 39.3 Å². The Hall–Kier alpha value is -2.08. The number of methoxy groups -OCH3 is 1. The van der Waals surface area contributed by atoms with E-state index < -0.39 is 5.97 Å². The minimum atomic E-state index is -0.422. The van der Waals surface area contributed by atoms with Crippen molar-refractivity contribution in [2.75, 3.05) is 24.7 Å². The highest BCUT2D eigenvalue weighted by molar-refractivity contribution is 7.09. The van der Waals surface area contributed by atoms with Gasteiger partial charge in [-0.2, -0.15) is 0 Å². The number of benzene rings is 1. The number of nitrogens with zero attached hydrogens (tertiary/aromatic N) is 1. The van der Waals surface area contributed by atoms with Crippen LogP contribution in [0.3, 0.4) is 0 Å². The zero-order valence-corrected chi connectivity index (χ0v) is 13.2. The second-order valence-corrected chi connectivity index (χ2v) is 5.84. The van der Waals surface area contributed by atoms with Crippen molar-refractivity contribution in [1.82, 2.24) is 4.98 Å². The maximum Gasteiger partial charge on any atom is 0.340 e. The summed E-state index contributed by atoms with van der Waals surface area (Å²) < 4.78 is 4.75. The predicted molar refractivity (Wildman–Crippen MR) is 86.0 cm³/mol. The molecule has 0 radical (unpaired) electrons. The van der Waals surface area contributed by atoms with Gasteiger partial charge in [-0.15, -0.1) is 11.3 Å². The first kappa shape index (κ1) is 15.3. The van der Waals surface area contributed by atoms with Crippen LogP contribution in [0.2, 0.25) is 0 Å². The molecule has 0 aliphatic heterocycles. The quantitative estimate of drug-likeness (QED) is 0.656. The smallest absolute Gasteiger partial charge is 0.340 e. The number of aromatic nitrogens is 1. The van der Waals surface area contributed by atoms with Gasteiger partial charge in [0.25, 0.3) is 0 Å². The summed E-state index contributed by atoms with van der Waals surface area (Å²) in [5.74, 6) is -0.422. The Morgan fingerprint density at radius 1 is 1.43 bits per heavy atom. The molecule has 0 aliphatic carbocycles. The molecule has 0 saturated carbocycles. The minimum absolute atomic E-state index is 0.393. The van der Waals surface area contributed by atoms with Crippen molar-refractivity contribution in [2.45, 2.75) is 20.3 Å². The largest absolute Gasteiger partial charge is 0.465 e. The fourth-order valence-corrected chi connectivity index (χ4v) is 2.68. The average molecular weight is 305 g/mol. The van der Waals surface area contributed by atoms with Gasteiger partial charge in [0.1, 0.15) is 0 Å². The molecule has 0 unspecified atom stereocenters. The van der Waals surface area contributed by atoms with Gasteiger partial charge in [0.05, 0.1) is 23.4 Å². The van der Waals surface area contributed by atoms with Crippen molar-refractivity contribution in [3.63, 3.8) is 0 Å². The van der Waals surface area contributed by atoms with E-state index in [0.29, 0.717) is 11.3 Å². The van der Waals surface area contributed by atoms with Crippen LogP contribution in [0, 0.1) is 13.8 Å². The summed E-state index contributed by atoms with van der Waals surface area (Å²) in [6.07, 6.45) is 0.835. The molecule has 1 aromatic carbocycles. The predicted octanol–water partition coefficient (Wildman–Crippen LogP) is 2.78. The SMILES string of the molecule is COC(=O)c1cc(NCCc2csc(C)n2)cc(C)c1N. The van der Waals surface area contributed by atoms with Gasteiger partial charge in [-0.3, -0.25) is 0 Å². The standard InChI is InChI=1S/C15H19N3O2S/c1-9-6-12(7-13(14(9)16)15(19)20-3)17-5-4-11-8-21-10(2)18-11/h6-8,17H,4-5,16H2,1-3H3. The maximum atomic E-state index is 11.7. The lowest BCUT2D eigenvalue weighted by Crippen LogP contribution is -2.10. The Morgan fingerprint density at radius 2 is 2.19 bits per heavy atom. The lowest BCUT2D eigenvalue weighted by molar-refractivity contribution is 0.0602. The molecule has 2 aromatic rings. The number of thiazole rings is 1. The first-order valence-electron chi connectivity index (χ1n) is 6.64. The van der Waals surface area contributed by atoms with E-state index in [0.717, 1.165) is 34.9 Å². The molecule has 0 bridgehead atoms. The Morgan fingerprint density at radius 3 is 2.81 bits per heavy atom. The van der Waals surface area contributed by atoms with Crippen molar-refractivity contribution < 1.29 is 9.53 Å². The van der Waals surface area contributed by atoms with E-state index in [4.69, 9.17) is 10.5 Å². The Labute approximate surface area is 128 Å². The molecule has 2 rings (SSSR count). The normalized spacial score (nSPS) is 10.4. The van der Waals surface area contributed by atoms with Crippen LogP contribution in [0.25, 0.3) is 0 Å². The topological polar surface area (TPSA) is 77.2 Å². The van der Waals surface area contributed by atoms with E-state index >= 15 is 0 Å². The number of hydrogen-bond donors (Lipinski definition) is 2. The first-order valence-corrected chi connectivity index (χ1v) is 7.52. The van der Waals surface area contributed by atoms with Crippen LogP contribution in [0.1, 0.15) is 26.6 Å². The number of carbonyl (C=O) groups excluding carboxylic acids is 1. The lowest BCUT2D eigenvalue weighted by Gasteiger charge is -2.12. The average Bonchev–Trinajstić information content (AvgIpc) is 2.87. The van der Waals surface area contributed by atoms with E-state index in [1.165, 1.54) is 7.11 Å². The van der Waals surface area contributed by atoms with Crippen molar-refractivity contribution >= 4 is 28.7 Å². The third kappa shape index (κ3) is 3.72. The zero-order valence-electron chi connectivity index (χ0n) is 12.4. The number of carbonyl (C=O) groups is 1. The highest BCUT2D eigenvalue weighted by Crippen LogP contribution is 2.23. The Kier molecular flexibility index (Phi) is 4.80. The molecule has 1 heterocycles. The molecule has 21 heavy (non-hydrogen) atoms. The van der Waals surface area contributed by atoms with Crippen LogP contribution < -0.4 is 11.1 Å². The molecule has 5 nitrogen and oxygen atoms in total. The van der Waals surface area contributed by atoms with Gasteiger partial charge in [0.2, 0.25) is 0 Å². The maximum absolute atomic E-state index is 11.7. The van der Waals surface area contributed by atoms with Gasteiger partial charge in [0.15, 0.2) is 0 Å². The molecule has 0 amide bonds. The van der Waals surface area contributed by atoms with Gasteiger partial charge in [0, 0.05) is 29.7 Å². The molecule has 0 fully saturated rings. The van der Waals surface area contributed by atoms with Crippen LogP contribution in [-0.2, 0) is 11.2 Å². The number of anilines is 2. The van der Waals surface area contributed by atoms with E-state index in [1.54, 1.807) is 17.4 Å². The van der Waals surface area contributed by atoms with Gasteiger partial charge in [-0.1, -0.05) is 0 Å². The molecule has 0 saturated heterocycles. The number of nitrogen functional groups attached to an aromatic ring is 1. The van der Waals surface area contributed by atoms with Crippen molar-refractivity contribution in [1.29, 1.82) is 0 Å². The molecule has 0 spiro atoms. The van der Waals surface area contributed by atoms with Crippen LogP contribution >= 0.6 is 11.3 Å². The third-order valence-corrected chi connectivity index (χ3v) is 3.99. The molecule has 0 atom stereocenters. The summed E-state index contributed by atoms with van der Waals surface area (Å²) in [7, 11) is 1.35. The Balaban J connectivity index is 2.06. The second kappa shape index (κ2) is 6.58. The summed E-state index contributed by atoms with van der Waals surface area (Å²) in [5.41, 5.74) is 9.55. The molecule has 0 aliphatic rings. The van der Waals surface area contributed by atoms with Gasteiger partial charge >= 0.3 is 5.97 Å². The molecule has 1 aromatic heterocycles. The number of nitrogens with one attached hydrogen (secondary N) is 1. The lowest BCUT2D eigenvalue weighted by atomic mass is 10.1. The zero-order chi connectivity index (χ0) is 15.4. The third-order valence-electron chi connectivity index (χ3n) is 3.17. The summed E-state index contributed by atoms with van der Waals surface area (Å²) in [5, 5.41) is 6.42. The van der Waals surface area contributed by atoms with Crippen LogP contribution in [0.15, 0.2) is 17.5 Å². The number of aryl methyl sites for hydroxylation is 2. The first-order chi connectivity index (χ1) is 10.0. The molecular weight excluding hydrogens is 286 g/mol. The molecule has 3 N–H and O–H groups in total. The summed E-state index contributed by atoms with van der Waals surface area (Å²) in [6, 6.07) is 3.65. The number of rotatable bonds is 5. The summed E-state index contributed by atoms with van der Waals surface area (Å²) in [4.78, 5) is 16.1. The fraction of sp³-hybridized carbons (Fsp3) is 0.333. The van der Waals surface area contributed by atoms with E-state index in [2.05, 4.69) is 15.7 Å². The van der Waals surface area contributed by atoms with Crippen molar-refractivity contribution in [2.24, 2.45) is 0 Å². The van der Waals surface area contributed by atoms with Crippen LogP contribution in [0.4, 0.5) is 11.4 Å². The van der Waals surface area contributed by atoms with E-state index in [1.807, 2.05) is 19.9 Å². The number of ether oxygens (including phenoxy) is 1. The number of esters is 1. The summed E-state index contributed by atoms with van der Waals surface area (Å²) >= 11 is 1.65. The van der Waals surface area contributed by atoms with Gasteiger partial charge in [-0.05, 0) is 31.5 Å².